The van der Waals surface area contributed by atoms with E-state index in [1.165, 1.54) is 37.1 Å². The molecule has 0 radical (unpaired) electrons. The van der Waals surface area contributed by atoms with E-state index in [4.69, 9.17) is 9.47 Å². The highest BCUT2D eigenvalue weighted by molar-refractivity contribution is 5.41. The zero-order chi connectivity index (χ0) is 22.8. The van der Waals surface area contributed by atoms with Crippen molar-refractivity contribution in [3.05, 3.63) is 59.2 Å². The minimum atomic E-state index is -0.711. The molecule has 33 heavy (non-hydrogen) atoms. The topological polar surface area (TPSA) is 45.2 Å². The maximum atomic E-state index is 11.8. The number of methoxy groups -OCH3 is 2. The molecule has 3 atom stereocenters. The van der Waals surface area contributed by atoms with Crippen LogP contribution in [-0.2, 0) is 18.6 Å². The van der Waals surface area contributed by atoms with Crippen molar-refractivity contribution in [2.75, 3.05) is 46.9 Å². The van der Waals surface area contributed by atoms with E-state index in [-0.39, 0.29) is 5.92 Å². The Morgan fingerprint density at radius 3 is 2.48 bits per heavy atom. The van der Waals surface area contributed by atoms with Gasteiger partial charge in [0.1, 0.15) is 11.5 Å². The van der Waals surface area contributed by atoms with Crippen molar-refractivity contribution < 1.29 is 14.6 Å². The highest BCUT2D eigenvalue weighted by Gasteiger charge is 2.52. The van der Waals surface area contributed by atoms with Gasteiger partial charge in [-0.25, -0.2) is 0 Å². The summed E-state index contributed by atoms with van der Waals surface area (Å²) in [5.41, 5.74) is 2.94. The molecular formula is C28H38N2O3. The Balaban J connectivity index is 1.24. The molecule has 5 rings (SSSR count). The number of fused-ring (bicyclic) bond motifs is 1. The summed E-state index contributed by atoms with van der Waals surface area (Å²) in [6.07, 6.45) is 5.75. The van der Waals surface area contributed by atoms with E-state index < -0.39 is 5.60 Å². The molecule has 0 aromatic heterocycles. The van der Waals surface area contributed by atoms with Crippen LogP contribution in [0, 0.1) is 11.8 Å². The van der Waals surface area contributed by atoms with Crippen LogP contribution in [0.1, 0.15) is 42.4 Å². The minimum Gasteiger partial charge on any atom is -0.497 e. The van der Waals surface area contributed by atoms with E-state index >= 15 is 0 Å². The van der Waals surface area contributed by atoms with E-state index in [1.54, 1.807) is 14.2 Å². The second-order valence-corrected chi connectivity index (χ2v) is 10.2. The van der Waals surface area contributed by atoms with Crippen LogP contribution in [0.15, 0.2) is 42.5 Å². The molecule has 2 heterocycles. The molecule has 2 aliphatic heterocycles. The van der Waals surface area contributed by atoms with Crippen LogP contribution >= 0.6 is 0 Å². The van der Waals surface area contributed by atoms with Gasteiger partial charge in [0, 0.05) is 43.7 Å². The summed E-state index contributed by atoms with van der Waals surface area (Å²) in [5, 5.41) is 11.8. The van der Waals surface area contributed by atoms with Crippen molar-refractivity contribution in [3.8, 4) is 11.5 Å². The van der Waals surface area contributed by atoms with Crippen LogP contribution in [0.2, 0.25) is 0 Å². The Hall–Kier alpha value is -2.08. The molecule has 1 aliphatic carbocycles. The molecule has 3 fully saturated rings. The monoisotopic (exact) mass is 450 g/mol. The fourth-order valence-electron chi connectivity index (χ4n) is 6.35. The van der Waals surface area contributed by atoms with Gasteiger partial charge in [-0.15, -0.1) is 0 Å². The quantitative estimate of drug-likeness (QED) is 0.657. The van der Waals surface area contributed by atoms with Crippen molar-refractivity contribution in [1.29, 1.82) is 0 Å². The molecule has 2 saturated heterocycles. The SMILES string of the molecule is COc1ccc(CN2CC3[C@@H](CCC3(O)c3ccc(CCN4CCCC4)cc3)C2)c(OC)c1. The number of hydrogen-bond acceptors (Lipinski definition) is 5. The molecule has 1 N–H and O–H groups in total. The number of hydrogen-bond donors (Lipinski definition) is 1. The maximum absolute atomic E-state index is 11.8. The molecule has 2 aromatic carbocycles. The predicted octanol–water partition coefficient (Wildman–Crippen LogP) is 4.07. The first-order chi connectivity index (χ1) is 16.1. The number of likely N-dealkylation sites (tertiary alicyclic amines) is 2. The Morgan fingerprint density at radius 1 is 0.970 bits per heavy atom. The standard InChI is InChI=1S/C28H38N2O3/c1-32-25-10-7-23(27(17-25)33-2)19-30-18-22-11-13-28(31,26(22)20-30)24-8-5-21(6-9-24)12-16-29-14-3-4-15-29/h5-10,17,22,26,31H,3-4,11-16,18-20H2,1-2H3/t22-,26?,28?/m0/s1. The van der Waals surface area contributed by atoms with E-state index in [1.807, 2.05) is 12.1 Å². The normalized spacial score (nSPS) is 27.7. The minimum absolute atomic E-state index is 0.289. The zero-order valence-electron chi connectivity index (χ0n) is 20.1. The zero-order valence-corrected chi connectivity index (χ0v) is 20.1. The van der Waals surface area contributed by atoms with Gasteiger partial charge in [-0.05, 0) is 68.3 Å². The van der Waals surface area contributed by atoms with E-state index in [0.29, 0.717) is 5.92 Å². The van der Waals surface area contributed by atoms with Crippen molar-refractivity contribution in [1.82, 2.24) is 9.80 Å². The second kappa shape index (κ2) is 9.65. The largest absolute Gasteiger partial charge is 0.497 e. The molecule has 2 unspecified atom stereocenters. The number of benzene rings is 2. The first kappa shape index (κ1) is 22.7. The third kappa shape index (κ3) is 4.64. The summed E-state index contributed by atoms with van der Waals surface area (Å²) in [5.74, 6) is 2.52. The molecule has 0 bridgehead atoms. The first-order valence-electron chi connectivity index (χ1n) is 12.6. The van der Waals surface area contributed by atoms with Crippen molar-refractivity contribution >= 4 is 0 Å². The average Bonchev–Trinajstić information content (AvgIpc) is 3.58. The van der Waals surface area contributed by atoms with Crippen LogP contribution in [0.3, 0.4) is 0 Å². The van der Waals surface area contributed by atoms with Gasteiger partial charge in [-0.2, -0.15) is 0 Å². The lowest BCUT2D eigenvalue weighted by molar-refractivity contribution is -0.00686. The van der Waals surface area contributed by atoms with Gasteiger partial charge in [0.25, 0.3) is 0 Å². The Labute approximate surface area is 198 Å². The van der Waals surface area contributed by atoms with Crippen molar-refractivity contribution in [3.63, 3.8) is 0 Å². The van der Waals surface area contributed by atoms with Crippen LogP contribution in [-0.4, -0.2) is 61.8 Å². The van der Waals surface area contributed by atoms with Gasteiger partial charge in [0.15, 0.2) is 0 Å². The van der Waals surface area contributed by atoms with E-state index in [0.717, 1.165) is 62.5 Å². The lowest BCUT2D eigenvalue weighted by Gasteiger charge is -2.31. The fourth-order valence-corrected chi connectivity index (χ4v) is 6.35. The molecule has 178 valence electrons. The molecule has 5 nitrogen and oxygen atoms in total. The third-order valence-electron chi connectivity index (χ3n) is 8.28. The van der Waals surface area contributed by atoms with Gasteiger partial charge >= 0.3 is 0 Å². The number of rotatable bonds is 8. The number of nitrogens with zero attached hydrogens (tertiary/aromatic N) is 2. The van der Waals surface area contributed by atoms with Crippen LogP contribution < -0.4 is 9.47 Å². The maximum Gasteiger partial charge on any atom is 0.127 e. The van der Waals surface area contributed by atoms with Gasteiger partial charge in [-0.1, -0.05) is 30.3 Å². The van der Waals surface area contributed by atoms with Crippen molar-refractivity contribution in [2.45, 2.75) is 44.2 Å². The van der Waals surface area contributed by atoms with E-state index in [9.17, 15) is 5.11 Å². The highest BCUT2D eigenvalue weighted by atomic mass is 16.5. The molecule has 5 heteroatoms. The van der Waals surface area contributed by atoms with Crippen LogP contribution in [0.4, 0.5) is 0 Å². The van der Waals surface area contributed by atoms with Crippen molar-refractivity contribution in [2.24, 2.45) is 11.8 Å². The molecule has 3 aliphatic rings. The summed E-state index contributed by atoms with van der Waals surface area (Å²) in [6.45, 7) is 6.45. The van der Waals surface area contributed by atoms with Gasteiger partial charge in [0.05, 0.1) is 19.8 Å². The summed E-state index contributed by atoms with van der Waals surface area (Å²) in [4.78, 5) is 5.04. The Kier molecular flexibility index (Phi) is 6.64. The summed E-state index contributed by atoms with van der Waals surface area (Å²) < 4.78 is 10.9. The lowest BCUT2D eigenvalue weighted by atomic mass is 9.82. The summed E-state index contributed by atoms with van der Waals surface area (Å²) in [7, 11) is 3.39. The van der Waals surface area contributed by atoms with Crippen LogP contribution in [0.5, 0.6) is 11.5 Å². The summed E-state index contributed by atoms with van der Waals surface area (Å²) >= 11 is 0. The molecular weight excluding hydrogens is 412 g/mol. The summed E-state index contributed by atoms with van der Waals surface area (Å²) in [6, 6.07) is 14.9. The van der Waals surface area contributed by atoms with Gasteiger partial charge in [-0.3, -0.25) is 4.90 Å². The van der Waals surface area contributed by atoms with Gasteiger partial charge < -0.3 is 19.5 Å². The van der Waals surface area contributed by atoms with E-state index in [2.05, 4.69) is 40.1 Å². The molecule has 1 saturated carbocycles. The number of aliphatic hydroxyl groups is 1. The Morgan fingerprint density at radius 2 is 1.76 bits per heavy atom. The first-order valence-corrected chi connectivity index (χ1v) is 12.6. The lowest BCUT2D eigenvalue weighted by Crippen LogP contribution is -2.34. The second-order valence-electron chi connectivity index (χ2n) is 10.2. The molecule has 0 amide bonds. The average molecular weight is 451 g/mol. The Bertz CT molecular complexity index is 941. The predicted molar refractivity (Wildman–Crippen MR) is 131 cm³/mol. The smallest absolute Gasteiger partial charge is 0.127 e. The third-order valence-corrected chi connectivity index (χ3v) is 8.28. The molecule has 0 spiro atoms. The van der Waals surface area contributed by atoms with Crippen LogP contribution in [0.25, 0.3) is 0 Å². The highest BCUT2D eigenvalue weighted by Crippen LogP contribution is 2.50. The fraction of sp³-hybridized carbons (Fsp3) is 0.571. The molecule has 2 aromatic rings. The van der Waals surface area contributed by atoms with Gasteiger partial charge in [0.2, 0.25) is 0 Å². The number of ether oxygens (including phenoxy) is 2.